The van der Waals surface area contributed by atoms with Gasteiger partial charge < -0.3 is 25.6 Å². The highest BCUT2D eigenvalue weighted by molar-refractivity contribution is 6.08. The molecule has 0 bridgehead atoms. The Labute approximate surface area is 209 Å². The summed E-state index contributed by atoms with van der Waals surface area (Å²) in [5, 5.41) is 25.0. The van der Waals surface area contributed by atoms with E-state index in [-0.39, 0.29) is 46.2 Å². The van der Waals surface area contributed by atoms with Crippen LogP contribution in [0, 0.1) is 0 Å². The van der Waals surface area contributed by atoms with Gasteiger partial charge in [-0.05, 0) is 67.8 Å². The molecule has 3 aromatic carbocycles. The number of amides is 2. The molecule has 0 fully saturated rings. The van der Waals surface area contributed by atoms with Crippen LogP contribution in [-0.4, -0.2) is 34.1 Å². The second-order valence-electron chi connectivity index (χ2n) is 8.47. The molecule has 0 aliphatic heterocycles. The normalized spacial score (nSPS) is 11.4. The zero-order chi connectivity index (χ0) is 26.4. The van der Waals surface area contributed by atoms with E-state index in [1.165, 1.54) is 36.4 Å². The summed E-state index contributed by atoms with van der Waals surface area (Å²) >= 11 is 0. The zero-order valence-corrected chi connectivity index (χ0v) is 20.2. The second kappa shape index (κ2) is 11.2. The van der Waals surface area contributed by atoms with Crippen molar-refractivity contribution in [3.8, 4) is 11.5 Å². The van der Waals surface area contributed by atoms with Gasteiger partial charge in [0.15, 0.2) is 0 Å². The van der Waals surface area contributed by atoms with Gasteiger partial charge in [-0.2, -0.15) is 0 Å². The van der Waals surface area contributed by atoms with Crippen molar-refractivity contribution in [1.82, 2.24) is 0 Å². The Morgan fingerprint density at radius 1 is 0.889 bits per heavy atom. The highest BCUT2D eigenvalue weighted by atomic mass is 16.5. The van der Waals surface area contributed by atoms with Gasteiger partial charge in [-0.3, -0.25) is 9.59 Å². The van der Waals surface area contributed by atoms with Gasteiger partial charge in [-0.25, -0.2) is 4.79 Å². The second-order valence-corrected chi connectivity index (χ2v) is 8.47. The first-order valence-corrected chi connectivity index (χ1v) is 11.3. The highest BCUT2D eigenvalue weighted by Gasteiger charge is 2.17. The van der Waals surface area contributed by atoms with Crippen LogP contribution in [0.3, 0.4) is 0 Å². The highest BCUT2D eigenvalue weighted by Crippen LogP contribution is 2.29. The molecule has 0 aliphatic rings. The monoisotopic (exact) mass is 488 g/mol. The fraction of sp³-hybridized carbons (Fsp3) is 0.179. The van der Waals surface area contributed by atoms with Crippen molar-refractivity contribution >= 4 is 29.2 Å². The number of carboxylic acids is 1. The van der Waals surface area contributed by atoms with Crippen molar-refractivity contribution in [2.75, 3.05) is 10.6 Å². The first-order chi connectivity index (χ1) is 17.1. The van der Waals surface area contributed by atoms with Crippen LogP contribution in [-0.2, 0) is 0 Å². The maximum atomic E-state index is 12.8. The predicted molar refractivity (Wildman–Crippen MR) is 138 cm³/mol. The van der Waals surface area contributed by atoms with Crippen LogP contribution < -0.4 is 15.4 Å². The van der Waals surface area contributed by atoms with Crippen molar-refractivity contribution < 1.29 is 29.3 Å². The third kappa shape index (κ3) is 6.29. The lowest BCUT2D eigenvalue weighted by Gasteiger charge is -2.16. The van der Waals surface area contributed by atoms with Crippen LogP contribution >= 0.6 is 0 Å². The molecule has 0 aliphatic carbocycles. The predicted octanol–water partition coefficient (Wildman–Crippen LogP) is 5.67. The average molecular weight is 489 g/mol. The summed E-state index contributed by atoms with van der Waals surface area (Å²) in [7, 11) is 0. The van der Waals surface area contributed by atoms with Gasteiger partial charge in [0.05, 0.1) is 22.9 Å². The number of benzene rings is 3. The number of carbonyl (C=O) groups is 3. The molecule has 0 heterocycles. The lowest BCUT2D eigenvalue weighted by atomic mass is 10.00. The summed E-state index contributed by atoms with van der Waals surface area (Å²) < 4.78 is 5.64. The number of carbonyl (C=O) groups excluding carboxylic acids is 2. The number of rotatable bonds is 9. The molecule has 0 saturated carbocycles. The third-order valence-corrected chi connectivity index (χ3v) is 5.39. The SMILES string of the molecule is C=CC(C)c1ccc(C(=O)Nc2ccc(C(=O)Nc3ccc(C(=O)O)cc3OC(C)C)c(O)c2)cc1. The number of hydrogen-bond acceptors (Lipinski definition) is 5. The number of aromatic hydroxyl groups is 1. The number of aromatic carboxylic acids is 1. The van der Waals surface area contributed by atoms with Crippen molar-refractivity contribution in [1.29, 1.82) is 0 Å². The quantitative estimate of drug-likeness (QED) is 0.288. The largest absolute Gasteiger partial charge is 0.507 e. The number of phenolic OH excluding ortho intramolecular Hbond substituents is 1. The van der Waals surface area contributed by atoms with E-state index in [4.69, 9.17) is 4.74 Å². The first-order valence-electron chi connectivity index (χ1n) is 11.3. The first kappa shape index (κ1) is 26.0. The summed E-state index contributed by atoms with van der Waals surface area (Å²) in [5.74, 6) is -2.10. The number of ether oxygens (including phenoxy) is 1. The number of nitrogens with one attached hydrogen (secondary N) is 2. The minimum absolute atomic E-state index is 0.0106. The van der Waals surface area contributed by atoms with Gasteiger partial charge in [0.2, 0.25) is 0 Å². The fourth-order valence-corrected chi connectivity index (χ4v) is 3.38. The van der Waals surface area contributed by atoms with Crippen LogP contribution in [0.25, 0.3) is 0 Å². The number of anilines is 2. The molecule has 8 heteroatoms. The van der Waals surface area contributed by atoms with Gasteiger partial charge in [-0.1, -0.05) is 25.1 Å². The van der Waals surface area contributed by atoms with Gasteiger partial charge >= 0.3 is 5.97 Å². The minimum atomic E-state index is -1.13. The zero-order valence-electron chi connectivity index (χ0n) is 20.2. The lowest BCUT2D eigenvalue weighted by molar-refractivity contribution is 0.0695. The van der Waals surface area contributed by atoms with Crippen molar-refractivity contribution in [2.45, 2.75) is 32.8 Å². The molecule has 8 nitrogen and oxygen atoms in total. The molecule has 36 heavy (non-hydrogen) atoms. The Morgan fingerprint density at radius 3 is 2.14 bits per heavy atom. The van der Waals surface area contributed by atoms with Gasteiger partial charge in [0.25, 0.3) is 11.8 Å². The Hall–Kier alpha value is -4.59. The van der Waals surface area contributed by atoms with E-state index >= 15 is 0 Å². The van der Waals surface area contributed by atoms with Gasteiger partial charge in [0, 0.05) is 17.3 Å². The molecule has 0 aromatic heterocycles. The summed E-state index contributed by atoms with van der Waals surface area (Å²) in [6, 6.07) is 15.4. The lowest BCUT2D eigenvalue weighted by Crippen LogP contribution is -2.16. The number of allylic oxidation sites excluding steroid dienone is 1. The molecule has 3 aromatic rings. The van der Waals surface area contributed by atoms with Crippen LogP contribution in [0.5, 0.6) is 11.5 Å². The molecule has 0 radical (unpaired) electrons. The molecule has 2 amide bonds. The molecule has 1 atom stereocenters. The maximum absolute atomic E-state index is 12.8. The molecule has 3 rings (SSSR count). The van der Waals surface area contributed by atoms with Crippen molar-refractivity contribution in [3.05, 3.63) is 95.6 Å². The number of carboxylic acid groups (broad SMARTS) is 1. The van der Waals surface area contributed by atoms with E-state index in [0.29, 0.717) is 11.3 Å². The van der Waals surface area contributed by atoms with Crippen LogP contribution in [0.15, 0.2) is 73.3 Å². The molecule has 0 spiro atoms. The van der Waals surface area contributed by atoms with Crippen molar-refractivity contribution in [2.24, 2.45) is 0 Å². The molecule has 4 N–H and O–H groups in total. The summed E-state index contributed by atoms with van der Waals surface area (Å²) in [6.07, 6.45) is 1.56. The summed E-state index contributed by atoms with van der Waals surface area (Å²) in [6.45, 7) is 9.32. The Kier molecular flexibility index (Phi) is 8.11. The van der Waals surface area contributed by atoms with E-state index in [1.54, 1.807) is 26.0 Å². The van der Waals surface area contributed by atoms with Crippen LogP contribution in [0.4, 0.5) is 11.4 Å². The summed E-state index contributed by atoms with van der Waals surface area (Å²) in [5.41, 5.74) is 2.02. The number of hydrogen-bond donors (Lipinski definition) is 4. The standard InChI is InChI=1S/C28H28N2O6/c1-5-17(4)18-6-8-19(9-7-18)26(32)29-21-11-12-22(24(31)15-21)27(33)30-23-13-10-20(28(34)35)14-25(23)36-16(2)3/h5-17,31H,1H2,2-4H3,(H,29,32)(H,30,33)(H,34,35). The molecular formula is C28H28N2O6. The molecular weight excluding hydrogens is 460 g/mol. The van der Waals surface area contributed by atoms with Crippen LogP contribution in [0.2, 0.25) is 0 Å². The van der Waals surface area contributed by atoms with E-state index in [0.717, 1.165) is 5.56 Å². The van der Waals surface area contributed by atoms with E-state index < -0.39 is 11.9 Å². The van der Waals surface area contributed by atoms with Crippen molar-refractivity contribution in [3.63, 3.8) is 0 Å². The molecule has 186 valence electrons. The molecule has 1 unspecified atom stereocenters. The fourth-order valence-electron chi connectivity index (χ4n) is 3.38. The topological polar surface area (TPSA) is 125 Å². The molecule has 0 saturated heterocycles. The minimum Gasteiger partial charge on any atom is -0.507 e. The summed E-state index contributed by atoms with van der Waals surface area (Å²) in [4.78, 5) is 36.7. The maximum Gasteiger partial charge on any atom is 0.335 e. The Bertz CT molecular complexity index is 1300. The van der Waals surface area contributed by atoms with E-state index in [9.17, 15) is 24.6 Å². The van der Waals surface area contributed by atoms with E-state index in [1.807, 2.05) is 25.1 Å². The Morgan fingerprint density at radius 2 is 1.56 bits per heavy atom. The smallest absolute Gasteiger partial charge is 0.335 e. The van der Waals surface area contributed by atoms with Gasteiger partial charge in [-0.15, -0.1) is 6.58 Å². The van der Waals surface area contributed by atoms with Crippen LogP contribution in [0.1, 0.15) is 63.3 Å². The van der Waals surface area contributed by atoms with Gasteiger partial charge in [0.1, 0.15) is 11.5 Å². The average Bonchev–Trinajstić information content (AvgIpc) is 2.84. The third-order valence-electron chi connectivity index (χ3n) is 5.39. The van der Waals surface area contributed by atoms with E-state index in [2.05, 4.69) is 17.2 Å². The number of phenols is 1. The Balaban J connectivity index is 1.74.